The van der Waals surface area contributed by atoms with Gasteiger partial charge in [-0.25, -0.2) is 0 Å². The van der Waals surface area contributed by atoms with Crippen molar-refractivity contribution in [3.8, 4) is 0 Å². The highest BCUT2D eigenvalue weighted by Crippen LogP contribution is 2.44. The number of imide groups is 1. The quantitative estimate of drug-likeness (QED) is 0.844. The third kappa shape index (κ3) is 1.95. The molecule has 1 unspecified atom stereocenters. The van der Waals surface area contributed by atoms with E-state index in [0.717, 1.165) is 16.7 Å². The van der Waals surface area contributed by atoms with Gasteiger partial charge < -0.3 is 4.90 Å². The molecular formula is C17H18N2O3. The highest BCUT2D eigenvalue weighted by Gasteiger charge is 2.40. The summed E-state index contributed by atoms with van der Waals surface area (Å²) in [5, 5.41) is 2.34. The summed E-state index contributed by atoms with van der Waals surface area (Å²) in [6.45, 7) is 2.48. The minimum Gasteiger partial charge on any atom is -0.322 e. The Balaban J connectivity index is 1.66. The smallest absolute Gasteiger partial charge is 0.255 e. The largest absolute Gasteiger partial charge is 0.322 e. The van der Waals surface area contributed by atoms with Crippen molar-refractivity contribution in [2.24, 2.45) is 0 Å². The maximum atomic E-state index is 12.8. The number of nitrogens with one attached hydrogen (secondary N) is 1. The summed E-state index contributed by atoms with van der Waals surface area (Å²) in [6, 6.07) is 3.63. The average molecular weight is 298 g/mol. The number of fused-ring (bicyclic) bond motifs is 1. The van der Waals surface area contributed by atoms with E-state index < -0.39 is 6.04 Å². The molecule has 1 atom stereocenters. The van der Waals surface area contributed by atoms with Crippen LogP contribution in [0.15, 0.2) is 12.1 Å². The standard InChI is InChI=1S/C17H18N2O3/c1-9-12(10-2-3-10)5-4-11-8-19(17(22)15(9)11)13-6-7-14(20)18-16(13)21/h4-5,10,13H,2-3,6-8H2,1H3,(H,18,20,21). The molecule has 1 aromatic rings. The van der Waals surface area contributed by atoms with Gasteiger partial charge in [0.15, 0.2) is 0 Å². The molecule has 114 valence electrons. The molecule has 1 aromatic carbocycles. The summed E-state index contributed by atoms with van der Waals surface area (Å²) < 4.78 is 0. The predicted octanol–water partition coefficient (Wildman–Crippen LogP) is 1.63. The van der Waals surface area contributed by atoms with Crippen molar-refractivity contribution >= 4 is 17.7 Å². The molecule has 4 rings (SSSR count). The van der Waals surface area contributed by atoms with Gasteiger partial charge in [0.2, 0.25) is 11.8 Å². The summed E-state index contributed by atoms with van der Waals surface area (Å²) in [4.78, 5) is 37.7. The third-order valence-electron chi connectivity index (χ3n) is 5.01. The van der Waals surface area contributed by atoms with Crippen molar-refractivity contribution in [1.82, 2.24) is 10.2 Å². The Labute approximate surface area is 128 Å². The van der Waals surface area contributed by atoms with Crippen LogP contribution in [-0.4, -0.2) is 28.7 Å². The summed E-state index contributed by atoms with van der Waals surface area (Å²) in [6.07, 6.45) is 3.11. The van der Waals surface area contributed by atoms with Crippen LogP contribution in [0.2, 0.25) is 0 Å². The Bertz CT molecular complexity index is 706. The lowest BCUT2D eigenvalue weighted by Gasteiger charge is -2.29. The molecule has 1 saturated heterocycles. The number of piperidine rings is 1. The van der Waals surface area contributed by atoms with E-state index in [2.05, 4.69) is 11.4 Å². The molecule has 5 nitrogen and oxygen atoms in total. The molecule has 1 aliphatic carbocycles. The molecule has 0 bridgehead atoms. The van der Waals surface area contributed by atoms with E-state index in [9.17, 15) is 14.4 Å². The number of rotatable bonds is 2. The van der Waals surface area contributed by atoms with Crippen LogP contribution in [0.1, 0.15) is 58.6 Å². The second-order valence-electron chi connectivity index (χ2n) is 6.49. The minimum atomic E-state index is -0.527. The maximum absolute atomic E-state index is 12.8. The molecule has 0 aromatic heterocycles. The first-order valence-electron chi connectivity index (χ1n) is 7.83. The van der Waals surface area contributed by atoms with Gasteiger partial charge in [0.1, 0.15) is 6.04 Å². The van der Waals surface area contributed by atoms with Gasteiger partial charge in [0.05, 0.1) is 0 Å². The molecule has 0 spiro atoms. The summed E-state index contributed by atoms with van der Waals surface area (Å²) in [7, 11) is 0. The molecule has 3 aliphatic rings. The zero-order valence-electron chi connectivity index (χ0n) is 12.5. The van der Waals surface area contributed by atoms with E-state index in [1.54, 1.807) is 4.90 Å². The molecule has 2 fully saturated rings. The lowest BCUT2D eigenvalue weighted by Crippen LogP contribution is -2.52. The van der Waals surface area contributed by atoms with Crippen LogP contribution in [-0.2, 0) is 16.1 Å². The van der Waals surface area contributed by atoms with E-state index in [1.165, 1.54) is 18.4 Å². The topological polar surface area (TPSA) is 66.5 Å². The summed E-state index contributed by atoms with van der Waals surface area (Å²) in [5.41, 5.74) is 4.11. The Hall–Kier alpha value is -2.17. The molecule has 2 aliphatic heterocycles. The summed E-state index contributed by atoms with van der Waals surface area (Å²) in [5.74, 6) is -0.0673. The van der Waals surface area contributed by atoms with E-state index >= 15 is 0 Å². The van der Waals surface area contributed by atoms with Crippen LogP contribution in [0.4, 0.5) is 0 Å². The van der Waals surface area contributed by atoms with Crippen molar-refractivity contribution in [3.63, 3.8) is 0 Å². The van der Waals surface area contributed by atoms with Crippen molar-refractivity contribution in [2.75, 3.05) is 0 Å². The normalized spacial score (nSPS) is 24.5. The van der Waals surface area contributed by atoms with Crippen LogP contribution < -0.4 is 5.32 Å². The fourth-order valence-corrected chi connectivity index (χ4v) is 3.68. The molecular weight excluding hydrogens is 280 g/mol. The van der Waals surface area contributed by atoms with Crippen molar-refractivity contribution in [3.05, 3.63) is 34.4 Å². The first kappa shape index (κ1) is 13.5. The van der Waals surface area contributed by atoms with E-state index in [0.29, 0.717) is 25.3 Å². The molecule has 3 amide bonds. The van der Waals surface area contributed by atoms with Gasteiger partial charge >= 0.3 is 0 Å². The van der Waals surface area contributed by atoms with Crippen LogP contribution in [0, 0.1) is 6.92 Å². The highest BCUT2D eigenvalue weighted by molar-refractivity contribution is 6.06. The Morgan fingerprint density at radius 1 is 1.14 bits per heavy atom. The Kier molecular flexibility index (Phi) is 2.86. The number of amides is 3. The monoisotopic (exact) mass is 298 g/mol. The van der Waals surface area contributed by atoms with Gasteiger partial charge in [-0.15, -0.1) is 0 Å². The zero-order chi connectivity index (χ0) is 15.4. The molecule has 5 heteroatoms. The molecule has 0 radical (unpaired) electrons. The highest BCUT2D eigenvalue weighted by atomic mass is 16.2. The van der Waals surface area contributed by atoms with E-state index in [-0.39, 0.29) is 17.7 Å². The first-order chi connectivity index (χ1) is 10.6. The number of hydrogen-bond donors (Lipinski definition) is 1. The minimum absolute atomic E-state index is 0.0653. The molecule has 1 N–H and O–H groups in total. The summed E-state index contributed by atoms with van der Waals surface area (Å²) >= 11 is 0. The van der Waals surface area contributed by atoms with Crippen LogP contribution >= 0.6 is 0 Å². The van der Waals surface area contributed by atoms with Gasteiger partial charge in [-0.05, 0) is 48.8 Å². The molecule has 1 saturated carbocycles. The van der Waals surface area contributed by atoms with Gasteiger partial charge in [0, 0.05) is 18.5 Å². The lowest BCUT2D eigenvalue weighted by atomic mass is 9.96. The van der Waals surface area contributed by atoms with Crippen LogP contribution in [0.5, 0.6) is 0 Å². The second kappa shape index (κ2) is 4.66. The fraction of sp³-hybridized carbons (Fsp3) is 0.471. The van der Waals surface area contributed by atoms with E-state index in [1.807, 2.05) is 13.0 Å². The zero-order valence-corrected chi connectivity index (χ0v) is 12.5. The third-order valence-corrected chi connectivity index (χ3v) is 5.01. The molecule has 22 heavy (non-hydrogen) atoms. The SMILES string of the molecule is Cc1c(C2CC2)ccc2c1C(=O)N(C1CCC(=O)NC1=O)C2. The van der Waals surface area contributed by atoms with Crippen LogP contribution in [0.3, 0.4) is 0 Å². The fourth-order valence-electron chi connectivity index (χ4n) is 3.68. The number of hydrogen-bond acceptors (Lipinski definition) is 3. The van der Waals surface area contributed by atoms with Gasteiger partial charge in [-0.2, -0.15) is 0 Å². The second-order valence-corrected chi connectivity index (χ2v) is 6.49. The van der Waals surface area contributed by atoms with Crippen molar-refractivity contribution in [1.29, 1.82) is 0 Å². The maximum Gasteiger partial charge on any atom is 0.255 e. The van der Waals surface area contributed by atoms with Gasteiger partial charge in [0.25, 0.3) is 5.91 Å². The first-order valence-corrected chi connectivity index (χ1v) is 7.83. The number of nitrogens with zero attached hydrogens (tertiary/aromatic N) is 1. The predicted molar refractivity (Wildman–Crippen MR) is 79.2 cm³/mol. The number of carbonyl (C=O) groups is 3. The Morgan fingerprint density at radius 2 is 1.91 bits per heavy atom. The Morgan fingerprint density at radius 3 is 2.59 bits per heavy atom. The lowest BCUT2D eigenvalue weighted by molar-refractivity contribution is -0.136. The van der Waals surface area contributed by atoms with Crippen LogP contribution in [0.25, 0.3) is 0 Å². The number of carbonyl (C=O) groups excluding carboxylic acids is 3. The number of benzene rings is 1. The van der Waals surface area contributed by atoms with Gasteiger partial charge in [-0.3, -0.25) is 19.7 Å². The molecule has 2 heterocycles. The van der Waals surface area contributed by atoms with Gasteiger partial charge in [-0.1, -0.05) is 12.1 Å². The average Bonchev–Trinajstić information content (AvgIpc) is 3.24. The van der Waals surface area contributed by atoms with Crippen molar-refractivity contribution in [2.45, 2.75) is 51.1 Å². The van der Waals surface area contributed by atoms with Crippen molar-refractivity contribution < 1.29 is 14.4 Å². The van der Waals surface area contributed by atoms with E-state index in [4.69, 9.17) is 0 Å².